The third kappa shape index (κ3) is 3.71. The Labute approximate surface area is 195 Å². The zero-order valence-corrected chi connectivity index (χ0v) is 17.9. The second-order valence-corrected chi connectivity index (χ2v) is 8.15. The SMILES string of the molecule is O=C(O)c1cccc2c1ccn2CC(O)(c1ccc2c(cnn2-c2ccc(F)cc2)c1)C(F)(F)F. The molecule has 5 rings (SSSR count). The normalized spacial score (nSPS) is 13.9. The number of fused-ring (bicyclic) bond motifs is 2. The van der Waals surface area contributed by atoms with Gasteiger partial charge in [0.15, 0.2) is 0 Å². The second-order valence-electron chi connectivity index (χ2n) is 8.15. The van der Waals surface area contributed by atoms with Gasteiger partial charge in [0.05, 0.1) is 29.5 Å². The molecule has 0 aliphatic carbocycles. The Bertz CT molecular complexity index is 1570. The molecule has 0 bridgehead atoms. The summed E-state index contributed by atoms with van der Waals surface area (Å²) < 4.78 is 58.7. The van der Waals surface area contributed by atoms with Crippen LogP contribution in [0.5, 0.6) is 0 Å². The van der Waals surface area contributed by atoms with Crippen LogP contribution in [0.2, 0.25) is 0 Å². The summed E-state index contributed by atoms with van der Waals surface area (Å²) in [5, 5.41) is 25.2. The monoisotopic (exact) mass is 483 g/mol. The number of carboxylic acids is 1. The zero-order valence-electron chi connectivity index (χ0n) is 17.9. The van der Waals surface area contributed by atoms with Gasteiger partial charge in [0.25, 0.3) is 0 Å². The smallest absolute Gasteiger partial charge is 0.423 e. The van der Waals surface area contributed by atoms with Gasteiger partial charge in [-0.15, -0.1) is 0 Å². The Morgan fingerprint density at radius 1 is 0.971 bits per heavy atom. The van der Waals surface area contributed by atoms with Crippen molar-refractivity contribution in [2.45, 2.75) is 18.3 Å². The van der Waals surface area contributed by atoms with Crippen LogP contribution in [-0.4, -0.2) is 36.7 Å². The fourth-order valence-corrected chi connectivity index (χ4v) is 4.22. The highest BCUT2D eigenvalue weighted by Gasteiger charge is 2.55. The topological polar surface area (TPSA) is 80.3 Å². The minimum Gasteiger partial charge on any atom is -0.478 e. The number of nitrogens with zero attached hydrogens (tertiary/aromatic N) is 3. The molecule has 0 aliphatic rings. The molecule has 2 aromatic heterocycles. The highest BCUT2D eigenvalue weighted by Crippen LogP contribution is 2.42. The number of hydrogen-bond acceptors (Lipinski definition) is 3. The maximum absolute atomic E-state index is 14.3. The minimum atomic E-state index is -5.05. The van der Waals surface area contributed by atoms with E-state index in [2.05, 4.69) is 5.10 Å². The van der Waals surface area contributed by atoms with Crippen molar-refractivity contribution in [3.63, 3.8) is 0 Å². The fourth-order valence-electron chi connectivity index (χ4n) is 4.22. The number of hydrogen-bond donors (Lipinski definition) is 2. The molecule has 2 N–H and O–H groups in total. The number of benzene rings is 3. The molecule has 178 valence electrons. The van der Waals surface area contributed by atoms with E-state index in [1.54, 1.807) is 0 Å². The number of aromatic carboxylic acids is 1. The van der Waals surface area contributed by atoms with Crippen LogP contribution in [0.3, 0.4) is 0 Å². The van der Waals surface area contributed by atoms with Crippen LogP contribution in [0, 0.1) is 5.82 Å². The van der Waals surface area contributed by atoms with E-state index < -0.39 is 35.7 Å². The van der Waals surface area contributed by atoms with Gasteiger partial charge in [0.1, 0.15) is 5.82 Å². The number of halogens is 4. The van der Waals surface area contributed by atoms with Gasteiger partial charge < -0.3 is 14.8 Å². The van der Waals surface area contributed by atoms with Crippen molar-refractivity contribution < 1.29 is 32.6 Å². The van der Waals surface area contributed by atoms with E-state index in [0.29, 0.717) is 16.6 Å². The molecular formula is C25H17F4N3O3. The molecule has 10 heteroatoms. The second kappa shape index (κ2) is 7.95. The quantitative estimate of drug-likeness (QED) is 0.334. The van der Waals surface area contributed by atoms with E-state index in [1.165, 1.54) is 88.4 Å². The van der Waals surface area contributed by atoms with Gasteiger partial charge in [0.2, 0.25) is 5.60 Å². The first kappa shape index (κ1) is 22.6. The lowest BCUT2D eigenvalue weighted by Gasteiger charge is -2.32. The van der Waals surface area contributed by atoms with E-state index in [1.807, 2.05) is 0 Å². The van der Waals surface area contributed by atoms with Crippen LogP contribution in [0.25, 0.3) is 27.5 Å². The molecule has 0 spiro atoms. The van der Waals surface area contributed by atoms with E-state index in [-0.39, 0.29) is 16.5 Å². The summed E-state index contributed by atoms with van der Waals surface area (Å²) in [6.07, 6.45) is -2.36. The Balaban J connectivity index is 1.59. The predicted octanol–water partition coefficient (Wildman–Crippen LogP) is 5.27. The molecule has 1 unspecified atom stereocenters. The summed E-state index contributed by atoms with van der Waals surface area (Å²) in [5.74, 6) is -1.64. The van der Waals surface area contributed by atoms with Gasteiger partial charge in [-0.25, -0.2) is 13.9 Å². The lowest BCUT2D eigenvalue weighted by atomic mass is 9.91. The molecule has 0 saturated heterocycles. The van der Waals surface area contributed by atoms with Gasteiger partial charge >= 0.3 is 12.1 Å². The third-order valence-corrected chi connectivity index (χ3v) is 6.03. The van der Waals surface area contributed by atoms with Gasteiger partial charge in [-0.1, -0.05) is 12.1 Å². The molecule has 1 atom stereocenters. The third-order valence-electron chi connectivity index (χ3n) is 6.03. The van der Waals surface area contributed by atoms with E-state index in [9.17, 15) is 32.6 Å². The minimum absolute atomic E-state index is 0.0496. The molecule has 0 fully saturated rings. The first-order valence-corrected chi connectivity index (χ1v) is 10.4. The average Bonchev–Trinajstić information content (AvgIpc) is 3.42. The summed E-state index contributed by atoms with van der Waals surface area (Å²) in [4.78, 5) is 11.5. The number of carboxylic acid groups (broad SMARTS) is 1. The Morgan fingerprint density at radius 2 is 1.71 bits per heavy atom. The van der Waals surface area contributed by atoms with E-state index in [0.717, 1.165) is 0 Å². The maximum Gasteiger partial charge on any atom is 0.423 e. The highest BCUT2D eigenvalue weighted by molar-refractivity contribution is 6.03. The lowest BCUT2D eigenvalue weighted by Crippen LogP contribution is -2.45. The van der Waals surface area contributed by atoms with Crippen LogP contribution in [0.4, 0.5) is 17.6 Å². The number of aliphatic hydroxyl groups is 1. The van der Waals surface area contributed by atoms with Crippen molar-refractivity contribution >= 4 is 27.8 Å². The summed E-state index contributed by atoms with van der Waals surface area (Å²) in [6, 6.07) is 15.0. The molecule has 3 aromatic carbocycles. The average molecular weight is 483 g/mol. The maximum atomic E-state index is 14.3. The number of alkyl halides is 3. The first-order chi connectivity index (χ1) is 16.6. The van der Waals surface area contributed by atoms with Crippen molar-refractivity contribution in [2.75, 3.05) is 0 Å². The predicted molar refractivity (Wildman–Crippen MR) is 120 cm³/mol. The Morgan fingerprint density at radius 3 is 2.40 bits per heavy atom. The summed E-state index contributed by atoms with van der Waals surface area (Å²) in [6.45, 7) is -0.888. The van der Waals surface area contributed by atoms with Crippen LogP contribution < -0.4 is 0 Å². The number of aromatic nitrogens is 3. The highest BCUT2D eigenvalue weighted by atomic mass is 19.4. The summed E-state index contributed by atoms with van der Waals surface area (Å²) >= 11 is 0. The van der Waals surface area contributed by atoms with Crippen molar-refractivity contribution in [3.05, 3.63) is 96.1 Å². The number of carbonyl (C=O) groups is 1. The molecule has 0 saturated carbocycles. The van der Waals surface area contributed by atoms with Gasteiger partial charge in [-0.2, -0.15) is 18.3 Å². The van der Waals surface area contributed by atoms with Crippen molar-refractivity contribution in [3.8, 4) is 5.69 Å². The van der Waals surface area contributed by atoms with Gasteiger partial charge in [0, 0.05) is 22.5 Å². The molecule has 0 aliphatic heterocycles. The first-order valence-electron chi connectivity index (χ1n) is 10.4. The van der Waals surface area contributed by atoms with E-state index >= 15 is 0 Å². The molecule has 5 aromatic rings. The van der Waals surface area contributed by atoms with Gasteiger partial charge in [-0.3, -0.25) is 0 Å². The Hall–Kier alpha value is -4.18. The van der Waals surface area contributed by atoms with Crippen LogP contribution in [0.1, 0.15) is 15.9 Å². The molecule has 35 heavy (non-hydrogen) atoms. The largest absolute Gasteiger partial charge is 0.478 e. The molecule has 0 amide bonds. The zero-order chi connectivity index (χ0) is 25.0. The van der Waals surface area contributed by atoms with Crippen LogP contribution in [0.15, 0.2) is 79.1 Å². The summed E-state index contributed by atoms with van der Waals surface area (Å²) in [7, 11) is 0. The van der Waals surface area contributed by atoms with Crippen LogP contribution in [-0.2, 0) is 12.1 Å². The van der Waals surface area contributed by atoms with Crippen molar-refractivity contribution in [1.82, 2.24) is 14.3 Å². The fraction of sp³-hybridized carbons (Fsp3) is 0.120. The van der Waals surface area contributed by atoms with Crippen molar-refractivity contribution in [2.24, 2.45) is 0 Å². The molecule has 6 nitrogen and oxygen atoms in total. The van der Waals surface area contributed by atoms with Crippen molar-refractivity contribution in [1.29, 1.82) is 0 Å². The van der Waals surface area contributed by atoms with Crippen LogP contribution >= 0.6 is 0 Å². The van der Waals surface area contributed by atoms with E-state index in [4.69, 9.17) is 0 Å². The van der Waals surface area contributed by atoms with Gasteiger partial charge in [-0.05, 0) is 60.2 Å². The lowest BCUT2D eigenvalue weighted by molar-refractivity contribution is -0.271. The summed E-state index contributed by atoms with van der Waals surface area (Å²) in [5.41, 5.74) is -2.48. The molecular weight excluding hydrogens is 466 g/mol. The number of rotatable bonds is 5. The standard InChI is InChI=1S/C25H17F4N3O3/c26-17-5-7-18(8-6-17)32-21-9-4-16(12-15(21)13-30-32)24(35,25(27,28)29)14-31-11-10-19-20(23(33)34)2-1-3-22(19)31/h1-13,35H,14H2,(H,33,34). The molecule has 2 heterocycles. The Kier molecular flexibility index (Phi) is 5.13. The molecule has 0 radical (unpaired) electrons.